The van der Waals surface area contributed by atoms with E-state index in [0.29, 0.717) is 12.2 Å². The average molecular weight is 363 g/mol. The van der Waals surface area contributed by atoms with Crippen molar-refractivity contribution in [3.63, 3.8) is 0 Å². The monoisotopic (exact) mass is 363 g/mol. The number of allylic oxidation sites excluding steroid dienone is 2. The van der Waals surface area contributed by atoms with Crippen molar-refractivity contribution in [1.82, 2.24) is 9.80 Å². The highest BCUT2D eigenvalue weighted by Gasteiger charge is 2.75. The van der Waals surface area contributed by atoms with Gasteiger partial charge in [-0.2, -0.15) is 0 Å². The Hall–Kier alpha value is -2.39. The van der Waals surface area contributed by atoms with Crippen LogP contribution in [0, 0.1) is 5.92 Å². The van der Waals surface area contributed by atoms with Gasteiger partial charge in [-0.15, -0.1) is 0 Å². The molecule has 3 heterocycles. The van der Waals surface area contributed by atoms with E-state index in [1.54, 1.807) is 14.0 Å². The lowest BCUT2D eigenvalue weighted by atomic mass is 9.83. The Labute approximate surface area is 150 Å². The number of nitrogens with zero attached hydrogens (tertiary/aromatic N) is 2. The Kier molecular flexibility index (Phi) is 3.48. The summed E-state index contributed by atoms with van der Waals surface area (Å²) in [7, 11) is 4.87. The van der Waals surface area contributed by atoms with Crippen molar-refractivity contribution in [3.05, 3.63) is 22.6 Å². The van der Waals surface area contributed by atoms with Gasteiger partial charge in [-0.25, -0.2) is 4.79 Å². The van der Waals surface area contributed by atoms with Gasteiger partial charge in [0.25, 0.3) is 0 Å². The first kappa shape index (κ1) is 17.0. The van der Waals surface area contributed by atoms with Crippen LogP contribution in [-0.4, -0.2) is 79.7 Å². The molecule has 9 heteroatoms. The number of amides is 1. The Balaban J connectivity index is 1.85. The number of ketones is 2. The minimum Gasteiger partial charge on any atom is -0.492 e. The largest absolute Gasteiger partial charge is 0.492 e. The third-order valence-electron chi connectivity index (χ3n) is 6.10. The molecule has 4 rings (SSSR count). The molecule has 2 fully saturated rings. The number of ether oxygens (including phenoxy) is 3. The number of fused-ring (bicyclic) bond motifs is 4. The van der Waals surface area contributed by atoms with Crippen molar-refractivity contribution in [3.8, 4) is 0 Å². The van der Waals surface area contributed by atoms with Crippen LogP contribution in [0.1, 0.15) is 6.92 Å². The molecule has 0 bridgehead atoms. The summed E-state index contributed by atoms with van der Waals surface area (Å²) in [6, 6.07) is 0.211. The summed E-state index contributed by atoms with van der Waals surface area (Å²) in [4.78, 5) is 41.3. The van der Waals surface area contributed by atoms with Crippen molar-refractivity contribution in [2.24, 2.45) is 11.7 Å². The molecule has 1 amide bonds. The van der Waals surface area contributed by atoms with Crippen molar-refractivity contribution < 1.29 is 28.6 Å². The van der Waals surface area contributed by atoms with Gasteiger partial charge in [0.2, 0.25) is 11.6 Å². The van der Waals surface area contributed by atoms with Crippen LogP contribution < -0.4 is 5.73 Å². The maximum Gasteiger partial charge on any atom is 0.404 e. The van der Waals surface area contributed by atoms with Crippen LogP contribution in [0.15, 0.2) is 22.6 Å². The molecule has 0 radical (unpaired) electrons. The molecule has 3 aliphatic heterocycles. The lowest BCUT2D eigenvalue weighted by Gasteiger charge is -2.40. The van der Waals surface area contributed by atoms with Gasteiger partial charge in [0.1, 0.15) is 6.61 Å². The third-order valence-corrected chi connectivity index (χ3v) is 6.10. The Morgan fingerprint density at radius 1 is 1.31 bits per heavy atom. The van der Waals surface area contributed by atoms with Crippen LogP contribution in [-0.2, 0) is 23.8 Å². The van der Waals surface area contributed by atoms with E-state index < -0.39 is 17.7 Å². The first-order valence-corrected chi connectivity index (χ1v) is 8.36. The second-order valence-electron chi connectivity index (χ2n) is 7.01. The van der Waals surface area contributed by atoms with Crippen molar-refractivity contribution in [1.29, 1.82) is 0 Å². The van der Waals surface area contributed by atoms with Gasteiger partial charge in [0.05, 0.1) is 24.8 Å². The number of hydrogen-bond donors (Lipinski definition) is 1. The predicted molar refractivity (Wildman–Crippen MR) is 87.6 cm³/mol. The lowest BCUT2D eigenvalue weighted by molar-refractivity contribution is -0.144. The average Bonchev–Trinajstić information content (AvgIpc) is 3.00. The van der Waals surface area contributed by atoms with Crippen LogP contribution in [0.4, 0.5) is 4.79 Å². The molecule has 1 aliphatic carbocycles. The first-order valence-electron chi connectivity index (χ1n) is 8.36. The number of carbonyl (C=O) groups excluding carboxylic acids is 3. The smallest absolute Gasteiger partial charge is 0.404 e. The standard InChI is InChI=1S/C17H21N3O6/c1-7-12(21)11-10(13(22)14(7)24-3)8(6-26-16(18)23)17(25-4)15-9(19(15)2)5-20(11)17/h8-9,15H,5-6H2,1-4H3,(H2,18,23)/t8-,9+,15+,17-,19?/m1/s1. The SMILES string of the molecule is COC1=C(C)C(=O)C2=C(C1=O)[C@@H](COC(N)=O)[C@@]1(OC)[C@@H]3[C@H](CN21)N3C. The van der Waals surface area contributed by atoms with E-state index in [1.807, 2.05) is 11.9 Å². The number of Topliss-reactive ketones (excluding diaryl/α,β-unsaturated/α-hetero) is 2. The minimum atomic E-state index is -0.950. The van der Waals surface area contributed by atoms with Gasteiger partial charge >= 0.3 is 6.09 Å². The third kappa shape index (κ3) is 1.79. The van der Waals surface area contributed by atoms with Crippen molar-refractivity contribution in [2.45, 2.75) is 24.7 Å². The minimum absolute atomic E-state index is 0.00789. The highest BCUT2D eigenvalue weighted by atomic mass is 16.6. The topological polar surface area (TPSA) is 111 Å². The second kappa shape index (κ2) is 5.31. The van der Waals surface area contributed by atoms with Crippen molar-refractivity contribution >= 4 is 17.7 Å². The molecule has 2 saturated heterocycles. The Morgan fingerprint density at radius 2 is 2.00 bits per heavy atom. The number of carbonyl (C=O) groups is 3. The summed E-state index contributed by atoms with van der Waals surface area (Å²) in [5.41, 5.74) is 5.07. The molecule has 9 nitrogen and oxygen atoms in total. The number of rotatable bonds is 4. The number of methoxy groups -OCH3 is 2. The predicted octanol–water partition coefficient (Wildman–Crippen LogP) is -0.621. The van der Waals surface area contributed by atoms with E-state index in [4.69, 9.17) is 19.9 Å². The molecule has 26 heavy (non-hydrogen) atoms. The van der Waals surface area contributed by atoms with Gasteiger partial charge in [0, 0.05) is 30.8 Å². The summed E-state index contributed by atoms with van der Waals surface area (Å²) in [6.07, 6.45) is -0.941. The molecular weight excluding hydrogens is 342 g/mol. The van der Waals surface area contributed by atoms with Crippen LogP contribution in [0.3, 0.4) is 0 Å². The molecule has 0 aromatic carbocycles. The van der Waals surface area contributed by atoms with Crippen LogP contribution in [0.2, 0.25) is 0 Å². The van der Waals surface area contributed by atoms with E-state index in [1.165, 1.54) is 7.11 Å². The molecule has 140 valence electrons. The van der Waals surface area contributed by atoms with Gasteiger partial charge in [0.15, 0.2) is 11.5 Å². The molecule has 5 atom stereocenters. The molecule has 2 N–H and O–H groups in total. The molecule has 0 spiro atoms. The van der Waals surface area contributed by atoms with Crippen LogP contribution >= 0.6 is 0 Å². The molecule has 1 unspecified atom stereocenters. The normalized spacial score (nSPS) is 37.6. The number of primary amides is 1. The maximum atomic E-state index is 13.1. The zero-order chi connectivity index (χ0) is 19.0. The number of nitrogens with two attached hydrogens (primary N) is 1. The maximum absolute atomic E-state index is 13.1. The van der Waals surface area contributed by atoms with Gasteiger partial charge < -0.3 is 24.8 Å². The zero-order valence-electron chi connectivity index (χ0n) is 15.1. The van der Waals surface area contributed by atoms with E-state index in [-0.39, 0.29) is 47.2 Å². The first-order chi connectivity index (χ1) is 12.3. The fourth-order valence-electron chi connectivity index (χ4n) is 4.94. The van der Waals surface area contributed by atoms with E-state index in [2.05, 4.69) is 4.90 Å². The van der Waals surface area contributed by atoms with E-state index in [9.17, 15) is 14.4 Å². The lowest BCUT2D eigenvalue weighted by Crippen LogP contribution is -2.55. The summed E-state index contributed by atoms with van der Waals surface area (Å²) in [5.74, 6) is -1.25. The van der Waals surface area contributed by atoms with Gasteiger partial charge in [-0.3, -0.25) is 14.5 Å². The van der Waals surface area contributed by atoms with E-state index in [0.717, 1.165) is 0 Å². The zero-order valence-corrected chi connectivity index (χ0v) is 15.1. The fraction of sp³-hybridized carbons (Fsp3) is 0.588. The quantitative estimate of drug-likeness (QED) is 0.520. The Bertz CT molecular complexity index is 802. The van der Waals surface area contributed by atoms with E-state index >= 15 is 0 Å². The number of hydrogen-bond acceptors (Lipinski definition) is 8. The highest BCUT2D eigenvalue weighted by Crippen LogP contribution is 2.59. The highest BCUT2D eigenvalue weighted by molar-refractivity contribution is 6.25. The van der Waals surface area contributed by atoms with Crippen LogP contribution in [0.25, 0.3) is 0 Å². The Morgan fingerprint density at radius 3 is 2.58 bits per heavy atom. The molecule has 0 saturated carbocycles. The van der Waals surface area contributed by atoms with Crippen molar-refractivity contribution in [2.75, 3.05) is 34.4 Å². The molecular formula is C17H21N3O6. The second-order valence-corrected chi connectivity index (χ2v) is 7.01. The number of likely N-dealkylation sites (N-methyl/N-ethyl adjacent to an activating group) is 1. The van der Waals surface area contributed by atoms with Gasteiger partial charge in [-0.1, -0.05) is 0 Å². The molecule has 4 aliphatic rings. The summed E-state index contributed by atoms with van der Waals surface area (Å²) in [6.45, 7) is 1.99. The molecule has 0 aromatic rings. The number of piperazine rings is 1. The summed E-state index contributed by atoms with van der Waals surface area (Å²) in [5, 5.41) is 0. The summed E-state index contributed by atoms with van der Waals surface area (Å²) < 4.78 is 16.2. The van der Waals surface area contributed by atoms with Gasteiger partial charge in [-0.05, 0) is 14.0 Å². The molecule has 0 aromatic heterocycles. The van der Waals surface area contributed by atoms with Crippen LogP contribution in [0.5, 0.6) is 0 Å². The summed E-state index contributed by atoms with van der Waals surface area (Å²) >= 11 is 0. The fourth-order valence-corrected chi connectivity index (χ4v) is 4.94.